The average molecular weight is 527 g/mol. The fourth-order valence-corrected chi connectivity index (χ4v) is 7.16. The molecule has 4 unspecified atom stereocenters. The fraction of sp³-hybridized carbons (Fsp3) is 0.647. The van der Waals surface area contributed by atoms with Crippen molar-refractivity contribution in [3.8, 4) is 5.75 Å². The number of hydrogen-bond donors (Lipinski definition) is 2. The van der Waals surface area contributed by atoms with E-state index in [9.17, 15) is 10.2 Å². The highest BCUT2D eigenvalue weighted by atomic mass is 31.1. The van der Waals surface area contributed by atoms with E-state index in [4.69, 9.17) is 0 Å². The van der Waals surface area contributed by atoms with Gasteiger partial charge in [-0.15, -0.1) is 0 Å². The molecule has 37 heavy (non-hydrogen) atoms. The third kappa shape index (κ3) is 7.60. The highest BCUT2D eigenvalue weighted by Gasteiger charge is 2.37. The molecular formula is C34H55O2P. The molecule has 0 aliphatic carbocycles. The Morgan fingerprint density at radius 2 is 1.46 bits per heavy atom. The van der Waals surface area contributed by atoms with Crippen LogP contribution < -0.4 is 5.30 Å². The molecule has 0 aromatic heterocycles. The number of phenols is 1. The van der Waals surface area contributed by atoms with E-state index < -0.39 is 6.10 Å². The number of rotatable bonds is 12. The third-order valence-electron chi connectivity index (χ3n) is 8.59. The van der Waals surface area contributed by atoms with Crippen molar-refractivity contribution in [3.63, 3.8) is 0 Å². The summed E-state index contributed by atoms with van der Waals surface area (Å²) in [4.78, 5) is 0. The Morgan fingerprint density at radius 1 is 0.865 bits per heavy atom. The summed E-state index contributed by atoms with van der Waals surface area (Å²) in [5.74, 6) is 0.947. The lowest BCUT2D eigenvalue weighted by atomic mass is 9.69. The predicted octanol–water partition coefficient (Wildman–Crippen LogP) is 9.56. The van der Waals surface area contributed by atoms with Gasteiger partial charge in [0.2, 0.25) is 0 Å². The summed E-state index contributed by atoms with van der Waals surface area (Å²) >= 11 is 0. The van der Waals surface area contributed by atoms with Gasteiger partial charge in [-0.05, 0) is 59.9 Å². The number of unbranched alkanes of at least 4 members (excludes halogenated alkanes) is 2. The van der Waals surface area contributed by atoms with Gasteiger partial charge >= 0.3 is 0 Å². The highest BCUT2D eigenvalue weighted by Crippen LogP contribution is 2.53. The van der Waals surface area contributed by atoms with Crippen LogP contribution in [0.2, 0.25) is 0 Å². The summed E-state index contributed by atoms with van der Waals surface area (Å²) in [5.41, 5.74) is 5.48. The van der Waals surface area contributed by atoms with E-state index in [2.05, 4.69) is 99.6 Å². The summed E-state index contributed by atoms with van der Waals surface area (Å²) in [6.45, 7) is 24.6. The predicted molar refractivity (Wildman–Crippen MR) is 165 cm³/mol. The van der Waals surface area contributed by atoms with E-state index in [1.165, 1.54) is 29.3 Å². The minimum Gasteiger partial charge on any atom is -0.507 e. The van der Waals surface area contributed by atoms with E-state index in [-0.39, 0.29) is 16.0 Å². The van der Waals surface area contributed by atoms with E-state index in [1.54, 1.807) is 0 Å². The number of aliphatic hydroxyl groups is 1. The highest BCUT2D eigenvalue weighted by molar-refractivity contribution is 7.48. The fourth-order valence-electron chi connectivity index (χ4n) is 5.35. The first-order chi connectivity index (χ1) is 17.1. The molecule has 0 bridgehead atoms. The van der Waals surface area contributed by atoms with Gasteiger partial charge in [0.1, 0.15) is 5.75 Å². The van der Waals surface area contributed by atoms with Crippen molar-refractivity contribution >= 4 is 13.9 Å². The van der Waals surface area contributed by atoms with Crippen molar-refractivity contribution in [2.24, 2.45) is 5.92 Å². The van der Waals surface area contributed by atoms with Crippen LogP contribution in [0.5, 0.6) is 5.75 Å². The van der Waals surface area contributed by atoms with Crippen LogP contribution in [0.25, 0.3) is 0 Å². The number of benzene rings is 2. The zero-order valence-electron chi connectivity index (χ0n) is 25.7. The summed E-state index contributed by atoms with van der Waals surface area (Å²) in [6.07, 6.45) is 6.27. The quantitative estimate of drug-likeness (QED) is 0.270. The number of aliphatic hydroxyl groups excluding tert-OH is 1. The minimum atomic E-state index is -0.513. The van der Waals surface area contributed by atoms with E-state index in [0.717, 1.165) is 42.4 Å². The molecule has 2 N–H and O–H groups in total. The van der Waals surface area contributed by atoms with Gasteiger partial charge in [-0.1, -0.05) is 132 Å². The Morgan fingerprint density at radius 3 is 2.00 bits per heavy atom. The van der Waals surface area contributed by atoms with Crippen molar-refractivity contribution in [3.05, 3.63) is 58.1 Å². The summed E-state index contributed by atoms with van der Waals surface area (Å²) in [5, 5.41) is 23.7. The van der Waals surface area contributed by atoms with Crippen LogP contribution in [-0.4, -0.2) is 10.2 Å². The molecule has 0 saturated carbocycles. The van der Waals surface area contributed by atoms with Gasteiger partial charge in [0, 0.05) is 16.3 Å². The molecule has 0 saturated heterocycles. The first-order valence-corrected chi connectivity index (χ1v) is 15.5. The molecule has 0 fully saturated rings. The third-order valence-corrected chi connectivity index (χ3v) is 10.4. The van der Waals surface area contributed by atoms with Crippen LogP contribution in [0, 0.1) is 12.8 Å². The molecule has 3 heteroatoms. The molecule has 2 rings (SSSR count). The van der Waals surface area contributed by atoms with Crippen molar-refractivity contribution in [1.29, 1.82) is 0 Å². The van der Waals surface area contributed by atoms with E-state index in [0.29, 0.717) is 20.2 Å². The molecule has 2 nitrogen and oxygen atoms in total. The summed E-state index contributed by atoms with van der Waals surface area (Å²) in [6, 6.07) is 11.1. The van der Waals surface area contributed by atoms with Crippen LogP contribution in [0.3, 0.4) is 0 Å². The number of phenolic OH excluding ortho intramolecular Hbond substituents is 1. The zero-order chi connectivity index (χ0) is 28.2. The van der Waals surface area contributed by atoms with Gasteiger partial charge in [0.05, 0.1) is 6.10 Å². The zero-order valence-corrected chi connectivity index (χ0v) is 26.7. The van der Waals surface area contributed by atoms with E-state index in [1.807, 2.05) is 6.92 Å². The molecule has 2 aromatic carbocycles. The first kappa shape index (κ1) is 31.8. The summed E-state index contributed by atoms with van der Waals surface area (Å²) in [7, 11) is 0.455. The van der Waals surface area contributed by atoms with Gasteiger partial charge in [0.15, 0.2) is 0 Å². The van der Waals surface area contributed by atoms with Crippen LogP contribution in [0.4, 0.5) is 0 Å². The van der Waals surface area contributed by atoms with Crippen molar-refractivity contribution in [2.45, 2.75) is 137 Å². The lowest BCUT2D eigenvalue weighted by Crippen LogP contribution is -2.30. The van der Waals surface area contributed by atoms with Crippen molar-refractivity contribution in [1.82, 2.24) is 0 Å². The van der Waals surface area contributed by atoms with Crippen LogP contribution >= 0.6 is 8.58 Å². The second-order valence-corrected chi connectivity index (χ2v) is 15.2. The van der Waals surface area contributed by atoms with Crippen LogP contribution in [0.15, 0.2) is 30.3 Å². The number of hydrogen-bond acceptors (Lipinski definition) is 2. The normalized spacial score (nSPS) is 16.2. The Balaban J connectivity index is 2.80. The molecule has 2 aromatic rings. The molecule has 208 valence electrons. The lowest BCUT2D eigenvalue weighted by molar-refractivity contribution is 0.200. The molecule has 0 heterocycles. The maximum absolute atomic E-state index is 12.1. The molecule has 0 aliphatic heterocycles. The van der Waals surface area contributed by atoms with Crippen LogP contribution in [0.1, 0.15) is 142 Å². The molecule has 0 amide bonds. The monoisotopic (exact) mass is 526 g/mol. The maximum atomic E-state index is 12.1. The average Bonchev–Trinajstić information content (AvgIpc) is 2.81. The molecule has 0 radical (unpaired) electrons. The molecular weight excluding hydrogens is 471 g/mol. The Bertz CT molecular complexity index is 1030. The SMILES string of the molecule is CCCCC(C)C(C)(C)c1cc(C(C)(C)C)cc(C(C)(CCCC)Pc2ccc(C)cc2C(C)O)c1O. The molecule has 0 aliphatic rings. The van der Waals surface area contributed by atoms with Gasteiger partial charge in [-0.25, -0.2) is 0 Å². The standard InChI is InChI=1S/C34H55O2P/c1-12-14-16-24(4)33(9,10)28-21-26(32(6,7)8)22-29(31(28)36)34(11,19-15-13-2)37-30-18-17-23(3)20-27(30)25(5)35/h17-18,20-22,24-25,35-37H,12-16,19H2,1-11H3. The number of aromatic hydroxyl groups is 1. The maximum Gasteiger partial charge on any atom is 0.123 e. The molecule has 4 atom stereocenters. The van der Waals surface area contributed by atoms with Crippen molar-refractivity contribution in [2.75, 3.05) is 0 Å². The lowest BCUT2D eigenvalue weighted by Gasteiger charge is -2.39. The second kappa shape index (κ2) is 12.7. The number of aryl methyl sites for hydroxylation is 1. The summed E-state index contributed by atoms with van der Waals surface area (Å²) < 4.78 is 0. The second-order valence-electron chi connectivity index (χ2n) is 13.3. The molecule has 0 spiro atoms. The van der Waals surface area contributed by atoms with E-state index >= 15 is 0 Å². The van der Waals surface area contributed by atoms with Gasteiger partial charge in [-0.3, -0.25) is 0 Å². The smallest absolute Gasteiger partial charge is 0.123 e. The largest absolute Gasteiger partial charge is 0.507 e. The van der Waals surface area contributed by atoms with Gasteiger partial charge in [0.25, 0.3) is 0 Å². The first-order valence-electron chi connectivity index (χ1n) is 14.5. The van der Waals surface area contributed by atoms with Crippen molar-refractivity contribution < 1.29 is 10.2 Å². The minimum absolute atomic E-state index is 0.0245. The van der Waals surface area contributed by atoms with Gasteiger partial charge < -0.3 is 10.2 Å². The Hall–Kier alpha value is -1.37. The van der Waals surface area contributed by atoms with Crippen LogP contribution in [-0.2, 0) is 16.0 Å². The van der Waals surface area contributed by atoms with Gasteiger partial charge in [-0.2, -0.15) is 0 Å². The topological polar surface area (TPSA) is 40.5 Å². The Labute approximate surface area is 230 Å². The Kier molecular flexibility index (Phi) is 10.9.